The molecule has 1 aliphatic rings. The second-order valence-corrected chi connectivity index (χ2v) is 9.43. The van der Waals surface area contributed by atoms with Gasteiger partial charge < -0.3 is 20.1 Å². The van der Waals surface area contributed by atoms with Crippen LogP contribution in [0.4, 0.5) is 5.82 Å². The molecule has 1 aliphatic heterocycles. The number of hydrogen-bond donors (Lipinski definition) is 2. The molecule has 186 valence electrons. The van der Waals surface area contributed by atoms with E-state index in [4.69, 9.17) is 15.6 Å². The van der Waals surface area contributed by atoms with Gasteiger partial charge in [-0.25, -0.2) is 9.78 Å². The second kappa shape index (κ2) is 9.62. The quantitative estimate of drug-likeness (QED) is 0.401. The van der Waals surface area contributed by atoms with Crippen LogP contribution >= 0.6 is 0 Å². The number of fused-ring (bicyclic) bond motifs is 1. The van der Waals surface area contributed by atoms with Crippen molar-refractivity contribution in [2.24, 2.45) is 7.05 Å². The number of hydrogen-bond acceptors (Lipinski definition) is 6. The molecule has 0 amide bonds. The third kappa shape index (κ3) is 4.28. The van der Waals surface area contributed by atoms with Crippen LogP contribution in [0.3, 0.4) is 0 Å². The van der Waals surface area contributed by atoms with Crippen molar-refractivity contribution in [3.05, 3.63) is 71.5 Å². The van der Waals surface area contributed by atoms with Crippen molar-refractivity contribution in [3.63, 3.8) is 0 Å². The lowest BCUT2D eigenvalue weighted by Crippen LogP contribution is -2.35. The van der Waals surface area contributed by atoms with Crippen LogP contribution in [0.15, 0.2) is 54.7 Å². The Hall–Kier alpha value is -3.91. The van der Waals surface area contributed by atoms with Gasteiger partial charge in [-0.3, -0.25) is 4.90 Å². The number of methoxy groups -OCH3 is 1. The minimum atomic E-state index is -0.885. The lowest BCUT2D eigenvalue weighted by molar-refractivity contribution is 0.0697. The van der Waals surface area contributed by atoms with Crippen LogP contribution < -0.4 is 10.5 Å². The van der Waals surface area contributed by atoms with Crippen LogP contribution in [0.25, 0.3) is 22.2 Å². The van der Waals surface area contributed by atoms with E-state index >= 15 is 0 Å². The number of carbonyl (C=O) groups is 1. The molecule has 0 unspecified atom stereocenters. The van der Waals surface area contributed by atoms with E-state index in [0.717, 1.165) is 48.1 Å². The highest BCUT2D eigenvalue weighted by Crippen LogP contribution is 2.38. The molecule has 1 saturated heterocycles. The van der Waals surface area contributed by atoms with Crippen molar-refractivity contribution in [3.8, 4) is 17.0 Å². The van der Waals surface area contributed by atoms with Gasteiger partial charge in [0.05, 0.1) is 12.7 Å². The fourth-order valence-electron chi connectivity index (χ4n) is 5.39. The van der Waals surface area contributed by atoms with E-state index in [0.29, 0.717) is 23.2 Å². The third-order valence-electron chi connectivity index (χ3n) is 7.47. The van der Waals surface area contributed by atoms with Gasteiger partial charge in [0.25, 0.3) is 0 Å². The largest absolute Gasteiger partial charge is 0.480 e. The van der Waals surface area contributed by atoms with Crippen molar-refractivity contribution >= 4 is 22.8 Å². The predicted octanol–water partition coefficient (Wildman–Crippen LogP) is 4.86. The summed E-state index contributed by atoms with van der Waals surface area (Å²) in [5.74, 6) is 0.482. The fraction of sp³-hybridized carbons (Fsp3) is 0.321. The number of aryl methyl sites for hydroxylation is 1. The van der Waals surface area contributed by atoms with Gasteiger partial charge in [0.15, 0.2) is 0 Å². The van der Waals surface area contributed by atoms with E-state index < -0.39 is 5.97 Å². The van der Waals surface area contributed by atoms with E-state index in [1.54, 1.807) is 25.3 Å². The van der Waals surface area contributed by atoms with Crippen LogP contribution in [0.5, 0.6) is 5.88 Å². The lowest BCUT2D eigenvalue weighted by atomic mass is 9.88. The maximum absolute atomic E-state index is 11.2. The number of nitrogens with two attached hydrogens (primary N) is 1. The van der Waals surface area contributed by atoms with E-state index in [-0.39, 0.29) is 6.04 Å². The Labute approximate surface area is 210 Å². The zero-order chi connectivity index (χ0) is 25.4. The Bertz CT molecular complexity index is 1400. The van der Waals surface area contributed by atoms with E-state index in [1.807, 2.05) is 30.5 Å². The summed E-state index contributed by atoms with van der Waals surface area (Å²) in [4.78, 5) is 22.7. The lowest BCUT2D eigenvalue weighted by Gasteiger charge is -2.36. The summed E-state index contributed by atoms with van der Waals surface area (Å²) < 4.78 is 7.70. The summed E-state index contributed by atoms with van der Waals surface area (Å²) in [5.41, 5.74) is 11.5. The number of carboxylic acids is 1. The zero-order valence-corrected chi connectivity index (χ0v) is 20.8. The molecule has 8 heteroatoms. The number of piperidine rings is 1. The van der Waals surface area contributed by atoms with Crippen molar-refractivity contribution in [1.29, 1.82) is 0 Å². The van der Waals surface area contributed by atoms with Crippen LogP contribution in [0, 0.1) is 0 Å². The van der Waals surface area contributed by atoms with Crippen LogP contribution in [-0.2, 0) is 7.05 Å². The molecule has 0 aliphatic carbocycles. The molecular formula is C28H31N5O3. The van der Waals surface area contributed by atoms with Crippen molar-refractivity contribution in [2.75, 3.05) is 25.9 Å². The van der Waals surface area contributed by atoms with E-state index in [1.165, 1.54) is 11.3 Å². The molecule has 4 aromatic rings. The number of aromatic nitrogens is 3. The zero-order valence-electron chi connectivity index (χ0n) is 20.8. The molecule has 4 heterocycles. The number of benzene rings is 1. The van der Waals surface area contributed by atoms with Crippen molar-refractivity contribution < 1.29 is 14.6 Å². The average Bonchev–Trinajstić information content (AvgIpc) is 3.25. The van der Waals surface area contributed by atoms with Gasteiger partial charge in [0, 0.05) is 35.9 Å². The summed E-state index contributed by atoms with van der Waals surface area (Å²) in [6.07, 6.45) is 3.90. The Morgan fingerprint density at radius 1 is 1.11 bits per heavy atom. The molecule has 0 radical (unpaired) electrons. The van der Waals surface area contributed by atoms with Gasteiger partial charge >= 0.3 is 5.97 Å². The predicted molar refractivity (Wildman–Crippen MR) is 140 cm³/mol. The molecular weight excluding hydrogens is 454 g/mol. The number of carboxylic acid groups (broad SMARTS) is 1. The Morgan fingerprint density at radius 3 is 2.50 bits per heavy atom. The topological polar surface area (TPSA) is 106 Å². The number of likely N-dealkylation sites (tertiary alicyclic amines) is 1. The number of aromatic carboxylic acids is 1. The fourth-order valence-corrected chi connectivity index (χ4v) is 5.39. The smallest absolute Gasteiger partial charge is 0.335 e. The molecule has 0 bridgehead atoms. The summed E-state index contributed by atoms with van der Waals surface area (Å²) in [6.45, 7) is 4.20. The summed E-state index contributed by atoms with van der Waals surface area (Å²) >= 11 is 0. The standard InChI is InChI=1S/C28H31N5O3/c1-17(33-14-11-19(12-15-33)18-4-6-20(7-5-18)28(34)35)24-16-23-21(10-13-30-26(23)32(24)2)22-8-9-25(29)31-27(22)36-3/h4-10,13,16-17,19H,11-12,14-15H2,1-3H3,(H2,29,31)(H,34,35)/t17-/m0/s1. The third-order valence-corrected chi connectivity index (χ3v) is 7.47. The number of anilines is 1. The van der Waals surface area contributed by atoms with Crippen LogP contribution in [0.2, 0.25) is 0 Å². The molecule has 5 rings (SSSR count). The minimum absolute atomic E-state index is 0.221. The van der Waals surface area contributed by atoms with Crippen LogP contribution in [-0.4, -0.2) is 50.7 Å². The first-order valence-electron chi connectivity index (χ1n) is 12.2. The molecule has 0 saturated carbocycles. The molecule has 1 fully saturated rings. The number of rotatable bonds is 6. The van der Waals surface area contributed by atoms with Gasteiger partial charge in [-0.15, -0.1) is 0 Å². The Kier molecular flexibility index (Phi) is 6.36. The second-order valence-electron chi connectivity index (χ2n) is 9.43. The van der Waals surface area contributed by atoms with Crippen molar-refractivity contribution in [2.45, 2.75) is 31.7 Å². The van der Waals surface area contributed by atoms with Gasteiger partial charge in [0.1, 0.15) is 11.5 Å². The normalized spacial score (nSPS) is 15.8. The SMILES string of the molecule is COc1nc(N)ccc1-c1ccnc2c1cc([C@H](C)N1CCC(c3ccc(C(=O)O)cc3)CC1)n2C. The van der Waals surface area contributed by atoms with Gasteiger partial charge in [0.2, 0.25) is 5.88 Å². The Morgan fingerprint density at radius 2 is 1.83 bits per heavy atom. The highest BCUT2D eigenvalue weighted by Gasteiger charge is 2.27. The first kappa shape index (κ1) is 23.8. The van der Waals surface area contributed by atoms with E-state index in [9.17, 15) is 4.79 Å². The highest BCUT2D eigenvalue weighted by atomic mass is 16.5. The van der Waals surface area contributed by atoms with E-state index in [2.05, 4.69) is 39.5 Å². The first-order valence-corrected chi connectivity index (χ1v) is 12.2. The maximum Gasteiger partial charge on any atom is 0.335 e. The molecule has 8 nitrogen and oxygen atoms in total. The van der Waals surface area contributed by atoms with Gasteiger partial charge in [-0.05, 0) is 86.3 Å². The Balaban J connectivity index is 1.38. The maximum atomic E-state index is 11.2. The molecule has 3 N–H and O–H groups in total. The minimum Gasteiger partial charge on any atom is -0.480 e. The summed E-state index contributed by atoms with van der Waals surface area (Å²) in [5, 5.41) is 10.2. The monoisotopic (exact) mass is 485 g/mol. The van der Waals surface area contributed by atoms with Gasteiger partial charge in [-0.1, -0.05) is 12.1 Å². The van der Waals surface area contributed by atoms with Gasteiger partial charge in [-0.2, -0.15) is 4.98 Å². The molecule has 1 atom stereocenters. The summed E-state index contributed by atoms with van der Waals surface area (Å²) in [6, 6.07) is 15.5. The number of nitrogen functional groups attached to an aromatic ring is 1. The average molecular weight is 486 g/mol. The molecule has 36 heavy (non-hydrogen) atoms. The number of pyridine rings is 2. The highest BCUT2D eigenvalue weighted by molar-refractivity contribution is 5.95. The number of nitrogens with zero attached hydrogens (tertiary/aromatic N) is 4. The number of ether oxygens (including phenoxy) is 1. The molecule has 1 aromatic carbocycles. The molecule has 3 aromatic heterocycles. The molecule has 0 spiro atoms. The van der Waals surface area contributed by atoms with Crippen LogP contribution in [0.1, 0.15) is 53.3 Å². The summed E-state index contributed by atoms with van der Waals surface area (Å²) in [7, 11) is 3.67. The first-order chi connectivity index (χ1) is 17.4. The van der Waals surface area contributed by atoms with Crippen molar-refractivity contribution in [1.82, 2.24) is 19.4 Å².